The summed E-state index contributed by atoms with van der Waals surface area (Å²) < 4.78 is 65.3. The van der Waals surface area contributed by atoms with Crippen LogP contribution in [0, 0.1) is 53.3 Å². The number of carboxylic acids is 1. The lowest BCUT2D eigenvalue weighted by molar-refractivity contribution is -0.255. The first-order valence-corrected chi connectivity index (χ1v) is 35.7. The molecular formula is C71H125N3O20. The van der Waals surface area contributed by atoms with Crippen LogP contribution in [0.1, 0.15) is 224 Å². The van der Waals surface area contributed by atoms with Crippen LogP contribution in [0.25, 0.3) is 0 Å². The van der Waals surface area contributed by atoms with Gasteiger partial charge < -0.3 is 73.2 Å². The van der Waals surface area contributed by atoms with Crippen LogP contribution < -0.4 is 16.0 Å². The van der Waals surface area contributed by atoms with Crippen LogP contribution in [0.2, 0.25) is 0 Å². The molecule has 0 bridgehead atoms. The van der Waals surface area contributed by atoms with Gasteiger partial charge in [0.05, 0.1) is 64.1 Å². The minimum atomic E-state index is -1.32. The maximum atomic E-state index is 13.5. The average molecular weight is 1340 g/mol. The van der Waals surface area contributed by atoms with Gasteiger partial charge in [0.2, 0.25) is 17.7 Å². The Morgan fingerprint density at radius 3 is 1.20 bits per heavy atom. The molecule has 0 aliphatic carbocycles. The van der Waals surface area contributed by atoms with Crippen molar-refractivity contribution in [1.82, 2.24) is 16.0 Å². The van der Waals surface area contributed by atoms with Crippen molar-refractivity contribution in [2.45, 2.75) is 267 Å². The van der Waals surface area contributed by atoms with Gasteiger partial charge in [-0.15, -0.1) is 0 Å². The number of rotatable bonds is 51. The fourth-order valence-corrected chi connectivity index (χ4v) is 12.5. The van der Waals surface area contributed by atoms with Gasteiger partial charge in [-0.3, -0.25) is 38.4 Å². The largest absolute Gasteiger partial charge is 0.481 e. The molecule has 3 aliphatic heterocycles. The van der Waals surface area contributed by atoms with E-state index in [1.165, 1.54) is 20.8 Å². The van der Waals surface area contributed by atoms with Crippen molar-refractivity contribution >= 4 is 47.4 Å². The number of aliphatic carboxylic acids is 1. The lowest BCUT2D eigenvalue weighted by Gasteiger charge is -2.43. The van der Waals surface area contributed by atoms with Crippen molar-refractivity contribution in [3.05, 3.63) is 0 Å². The molecule has 3 aliphatic rings. The number of carboxylic acid groups (broad SMARTS) is 1. The standard InChI is InChI=1S/C71H125N3O20/c1-48-51(4)61(92-62(52(48)5)42-89-57(10)75)29-22-16-13-17-23-35-72-65(79)33-40-85-46-71(74-67(81)30-27-31-68(82)83,45-84-39-32-60(78)28-21-15-14-19-25-37-87-69-55(8)49(2)53(6)63(93-69)43-90-58(11)76)47-86-41-34-66(80)73-36-24-18-20-26-38-88-70-56(9)50(3)54(7)64(94-70)44-91-59(12)77/h48-56,61-64,69-70H,13-47H2,1-12H3,(H,72,79)(H,73,80)(H,74,81)(H,82,83)/t48-,49+,50+,51?,52-,53-,54-,55?,56?,61+,62?,63?,64?,69-,70-,71?/m1/s1. The highest BCUT2D eigenvalue weighted by molar-refractivity contribution is 5.79. The van der Waals surface area contributed by atoms with E-state index in [2.05, 4.69) is 78.3 Å². The predicted molar refractivity (Wildman–Crippen MR) is 354 cm³/mol. The van der Waals surface area contributed by atoms with Gasteiger partial charge in [0.25, 0.3) is 0 Å². The number of ether oxygens (including phenoxy) is 11. The molecule has 0 radical (unpaired) electrons. The Hall–Kier alpha value is -4.36. The third kappa shape index (κ3) is 34.2. The fraction of sp³-hybridized carbons (Fsp3) is 0.887. The molecule has 4 N–H and O–H groups in total. The number of Topliss-reactive ketones (excluding diaryl/α,β-unsaturated/α-hetero) is 1. The lowest BCUT2D eigenvalue weighted by Crippen LogP contribution is -2.58. The minimum absolute atomic E-state index is 0.00684. The zero-order chi connectivity index (χ0) is 69.4. The first-order chi connectivity index (χ1) is 44.8. The monoisotopic (exact) mass is 1340 g/mol. The molecule has 0 spiro atoms. The van der Waals surface area contributed by atoms with Crippen molar-refractivity contribution in [1.29, 1.82) is 0 Å². The third-order valence-electron chi connectivity index (χ3n) is 19.9. The van der Waals surface area contributed by atoms with Crippen LogP contribution in [0.5, 0.6) is 0 Å². The molecule has 23 heteroatoms. The van der Waals surface area contributed by atoms with Gasteiger partial charge in [0, 0.05) is 97.4 Å². The Morgan fingerprint density at radius 2 is 0.755 bits per heavy atom. The lowest BCUT2D eigenvalue weighted by atomic mass is 9.75. The van der Waals surface area contributed by atoms with Crippen molar-refractivity contribution in [3.8, 4) is 0 Å². The van der Waals surface area contributed by atoms with Crippen LogP contribution in [0.15, 0.2) is 0 Å². The molecule has 7 unspecified atom stereocenters. The quantitative estimate of drug-likeness (QED) is 0.0250. The maximum Gasteiger partial charge on any atom is 0.303 e. The normalized spacial score (nSPS) is 26.7. The number of hydrogen-bond donors (Lipinski definition) is 4. The second-order valence-electron chi connectivity index (χ2n) is 27.4. The second kappa shape index (κ2) is 47.6. The number of carbonyl (C=O) groups is 8. The van der Waals surface area contributed by atoms with Crippen LogP contribution in [0.4, 0.5) is 0 Å². The smallest absolute Gasteiger partial charge is 0.303 e. The summed E-state index contributed by atoms with van der Waals surface area (Å²) in [4.78, 5) is 98.3. The van der Waals surface area contributed by atoms with Crippen LogP contribution in [-0.2, 0) is 90.5 Å². The SMILES string of the molecule is CC(=O)OCC1O[C@@H](OCCCCCCCC(=O)CCOCC(COCCC(=O)NCCCCCCC[C@@H]2OC(COC(C)=O)[C@H](C)[C@H](C)C2C)(COCCC(=O)NCCCCCCO[C@@H]2OC(COC(C)=O)[C@H](C)[C@H](C)C2C)NC(=O)CCCC(=O)O)C(C)[C@@H](C)[C@H]1C. The van der Waals surface area contributed by atoms with Crippen molar-refractivity contribution in [2.24, 2.45) is 53.3 Å². The summed E-state index contributed by atoms with van der Waals surface area (Å²) in [5, 5.41) is 18.2. The van der Waals surface area contributed by atoms with Crippen LogP contribution >= 0.6 is 0 Å². The summed E-state index contributed by atoms with van der Waals surface area (Å²) in [6.07, 6.45) is 12.7. The molecular weight excluding hydrogens is 1210 g/mol. The summed E-state index contributed by atoms with van der Waals surface area (Å²) >= 11 is 0. The van der Waals surface area contributed by atoms with Crippen molar-refractivity contribution < 1.29 is 95.6 Å². The van der Waals surface area contributed by atoms with Gasteiger partial charge in [-0.05, 0) is 86.4 Å². The molecule has 3 heterocycles. The molecule has 3 fully saturated rings. The average Bonchev–Trinajstić information content (AvgIpc) is 0.875. The van der Waals surface area contributed by atoms with Crippen LogP contribution in [-0.4, -0.2) is 181 Å². The molecule has 3 amide bonds. The molecule has 16 atom stereocenters. The van der Waals surface area contributed by atoms with Gasteiger partial charge in [-0.25, -0.2) is 0 Å². The number of amides is 3. The van der Waals surface area contributed by atoms with E-state index in [9.17, 15) is 43.5 Å². The number of carbonyl (C=O) groups excluding carboxylic acids is 7. The fourth-order valence-electron chi connectivity index (χ4n) is 12.5. The van der Waals surface area contributed by atoms with E-state index < -0.39 is 17.4 Å². The molecule has 0 aromatic carbocycles. The summed E-state index contributed by atoms with van der Waals surface area (Å²) in [7, 11) is 0. The van der Waals surface area contributed by atoms with Gasteiger partial charge in [-0.2, -0.15) is 0 Å². The van der Waals surface area contributed by atoms with E-state index in [0.717, 1.165) is 96.3 Å². The Bertz CT molecular complexity index is 1980. The highest BCUT2D eigenvalue weighted by Gasteiger charge is 2.43. The summed E-state index contributed by atoms with van der Waals surface area (Å²) in [5.41, 5.74) is -1.32. The number of hydrogen-bond acceptors (Lipinski definition) is 19. The molecule has 3 rings (SSSR count). The first kappa shape index (κ1) is 83.9. The zero-order valence-corrected chi connectivity index (χ0v) is 59.6. The summed E-state index contributed by atoms with van der Waals surface area (Å²) in [5.74, 6) is -0.177. The highest BCUT2D eigenvalue weighted by Crippen LogP contribution is 2.39. The second-order valence-corrected chi connectivity index (χ2v) is 27.4. The van der Waals surface area contributed by atoms with E-state index >= 15 is 0 Å². The molecule has 3 saturated heterocycles. The van der Waals surface area contributed by atoms with Gasteiger partial charge in [-0.1, -0.05) is 120 Å². The van der Waals surface area contributed by atoms with E-state index in [0.29, 0.717) is 62.3 Å². The number of nitrogens with one attached hydrogen (secondary N) is 3. The van der Waals surface area contributed by atoms with Gasteiger partial charge >= 0.3 is 23.9 Å². The Kier molecular flexibility index (Phi) is 42.4. The number of unbranched alkanes of at least 4 members (excludes halogenated alkanes) is 11. The summed E-state index contributed by atoms with van der Waals surface area (Å²) in [6.45, 7) is 26.1. The van der Waals surface area contributed by atoms with E-state index in [1.807, 2.05) is 0 Å². The Balaban J connectivity index is 1.48. The Morgan fingerprint density at radius 1 is 0.372 bits per heavy atom. The van der Waals surface area contributed by atoms with E-state index in [1.54, 1.807) is 0 Å². The first-order valence-electron chi connectivity index (χ1n) is 35.7. The minimum Gasteiger partial charge on any atom is -0.481 e. The topological polar surface area (TPSA) is 294 Å². The van der Waals surface area contributed by atoms with Crippen LogP contribution in [0.3, 0.4) is 0 Å². The molecule has 0 aromatic rings. The number of ketones is 1. The van der Waals surface area contributed by atoms with Crippen molar-refractivity contribution in [2.75, 3.05) is 85.8 Å². The maximum absolute atomic E-state index is 13.5. The third-order valence-corrected chi connectivity index (χ3v) is 19.9. The molecule has 544 valence electrons. The van der Waals surface area contributed by atoms with E-state index in [-0.39, 0.29) is 194 Å². The molecule has 0 saturated carbocycles. The molecule has 94 heavy (non-hydrogen) atoms. The summed E-state index contributed by atoms with van der Waals surface area (Å²) in [6, 6.07) is 0. The van der Waals surface area contributed by atoms with Gasteiger partial charge in [0.1, 0.15) is 31.1 Å². The Labute approximate surface area is 562 Å². The van der Waals surface area contributed by atoms with Crippen molar-refractivity contribution in [3.63, 3.8) is 0 Å². The number of esters is 3. The van der Waals surface area contributed by atoms with Gasteiger partial charge in [0.15, 0.2) is 12.6 Å². The van der Waals surface area contributed by atoms with E-state index in [4.69, 9.17) is 52.1 Å². The molecule has 0 aromatic heterocycles. The zero-order valence-electron chi connectivity index (χ0n) is 59.6. The molecule has 23 nitrogen and oxygen atoms in total. The predicted octanol–water partition coefficient (Wildman–Crippen LogP) is 10.0. The highest BCUT2D eigenvalue weighted by atomic mass is 16.7.